The third-order valence-corrected chi connectivity index (χ3v) is 3.76. The summed E-state index contributed by atoms with van der Waals surface area (Å²) >= 11 is 3.34. The molecule has 0 saturated heterocycles. The molecular formula is C18H17BrO2. The number of rotatable bonds is 4. The van der Waals surface area contributed by atoms with Gasteiger partial charge in [0.2, 0.25) is 0 Å². The lowest BCUT2D eigenvalue weighted by Crippen LogP contribution is -1.95. The fourth-order valence-corrected chi connectivity index (χ4v) is 2.33. The average Bonchev–Trinajstić information content (AvgIpc) is 2.48. The van der Waals surface area contributed by atoms with E-state index in [1.807, 2.05) is 24.3 Å². The summed E-state index contributed by atoms with van der Waals surface area (Å²) in [5.41, 5.74) is 2.46. The molecule has 2 nitrogen and oxygen atoms in total. The number of hydrogen-bond donors (Lipinski definition) is 1. The van der Waals surface area contributed by atoms with Crippen LogP contribution in [0.2, 0.25) is 0 Å². The van der Waals surface area contributed by atoms with Crippen molar-refractivity contribution in [2.24, 2.45) is 0 Å². The van der Waals surface area contributed by atoms with E-state index in [0.717, 1.165) is 4.47 Å². The van der Waals surface area contributed by atoms with Crippen molar-refractivity contribution in [1.82, 2.24) is 0 Å². The molecule has 0 amide bonds. The van der Waals surface area contributed by atoms with E-state index in [1.165, 1.54) is 11.6 Å². The first-order valence-corrected chi connectivity index (χ1v) is 7.57. The molecule has 2 aromatic carbocycles. The van der Waals surface area contributed by atoms with Crippen LogP contribution < -0.4 is 0 Å². The molecule has 0 bridgehead atoms. The minimum atomic E-state index is -0.0790. The van der Waals surface area contributed by atoms with Crippen LogP contribution in [0.1, 0.15) is 41.3 Å². The molecule has 0 saturated carbocycles. The quantitative estimate of drug-likeness (QED) is 0.613. The van der Waals surface area contributed by atoms with E-state index in [1.54, 1.807) is 24.3 Å². The molecule has 2 aromatic rings. The minimum absolute atomic E-state index is 0.0790. The molecule has 21 heavy (non-hydrogen) atoms. The molecule has 0 heterocycles. The molecule has 0 aliphatic heterocycles. The summed E-state index contributed by atoms with van der Waals surface area (Å²) < 4.78 is 0.855. The summed E-state index contributed by atoms with van der Waals surface area (Å²) in [7, 11) is 0. The summed E-state index contributed by atoms with van der Waals surface area (Å²) in [6, 6.07) is 12.7. The molecular weight excluding hydrogens is 328 g/mol. The van der Waals surface area contributed by atoms with Gasteiger partial charge in [-0.15, -0.1) is 0 Å². The van der Waals surface area contributed by atoms with E-state index in [9.17, 15) is 9.90 Å². The molecule has 1 N–H and O–H groups in total. The monoisotopic (exact) mass is 344 g/mol. The van der Waals surface area contributed by atoms with Crippen molar-refractivity contribution in [2.45, 2.75) is 19.8 Å². The summed E-state index contributed by atoms with van der Waals surface area (Å²) in [6.45, 7) is 4.24. The Hall–Kier alpha value is -1.87. The first-order valence-electron chi connectivity index (χ1n) is 6.78. The van der Waals surface area contributed by atoms with Gasteiger partial charge in [-0.25, -0.2) is 0 Å². The predicted octanol–water partition coefficient (Wildman–Crippen LogP) is 5.17. The second-order valence-electron chi connectivity index (χ2n) is 5.18. The van der Waals surface area contributed by atoms with Crippen LogP contribution in [0.25, 0.3) is 6.08 Å². The van der Waals surface area contributed by atoms with Gasteiger partial charge >= 0.3 is 0 Å². The van der Waals surface area contributed by atoms with Crippen molar-refractivity contribution in [3.05, 3.63) is 69.7 Å². The molecule has 108 valence electrons. The molecule has 0 fully saturated rings. The van der Waals surface area contributed by atoms with Crippen molar-refractivity contribution in [2.75, 3.05) is 0 Å². The van der Waals surface area contributed by atoms with Gasteiger partial charge in [0, 0.05) is 15.6 Å². The second kappa shape index (κ2) is 6.72. The van der Waals surface area contributed by atoms with Crippen LogP contribution in [0.3, 0.4) is 0 Å². The molecule has 0 aliphatic carbocycles. The van der Waals surface area contributed by atoms with Crippen LogP contribution in [0, 0.1) is 0 Å². The molecule has 0 atom stereocenters. The number of hydrogen-bond acceptors (Lipinski definition) is 2. The fraction of sp³-hybridized carbons (Fsp3) is 0.167. The lowest BCUT2D eigenvalue weighted by Gasteiger charge is -2.05. The van der Waals surface area contributed by atoms with Crippen molar-refractivity contribution >= 4 is 27.8 Å². The Morgan fingerprint density at radius 1 is 1.14 bits per heavy atom. The fourth-order valence-electron chi connectivity index (χ4n) is 1.95. The smallest absolute Gasteiger partial charge is 0.185 e. The predicted molar refractivity (Wildman–Crippen MR) is 89.7 cm³/mol. The highest BCUT2D eigenvalue weighted by Gasteiger charge is 2.04. The maximum atomic E-state index is 12.1. The highest BCUT2D eigenvalue weighted by atomic mass is 79.9. The van der Waals surface area contributed by atoms with Crippen LogP contribution in [-0.2, 0) is 0 Å². The van der Waals surface area contributed by atoms with Gasteiger partial charge in [0.25, 0.3) is 0 Å². The molecule has 0 aliphatic rings. The molecule has 0 spiro atoms. The summed E-state index contributed by atoms with van der Waals surface area (Å²) in [5, 5.41) is 9.73. The number of halogens is 1. The van der Waals surface area contributed by atoms with Crippen LogP contribution >= 0.6 is 15.9 Å². The Kier molecular flexibility index (Phi) is 4.97. The van der Waals surface area contributed by atoms with Crippen LogP contribution in [0.4, 0.5) is 0 Å². The van der Waals surface area contributed by atoms with E-state index >= 15 is 0 Å². The first-order chi connectivity index (χ1) is 9.97. The van der Waals surface area contributed by atoms with Crippen molar-refractivity contribution in [3.63, 3.8) is 0 Å². The number of carbonyl (C=O) groups is 1. The number of ketones is 1. The van der Waals surface area contributed by atoms with Gasteiger partial charge in [-0.3, -0.25) is 4.79 Å². The number of aromatic hydroxyl groups is 1. The number of phenolic OH excluding ortho intramolecular Hbond substituents is 1. The normalized spacial score (nSPS) is 11.2. The van der Waals surface area contributed by atoms with Gasteiger partial charge < -0.3 is 5.11 Å². The molecule has 0 radical (unpaired) electrons. The van der Waals surface area contributed by atoms with Gasteiger partial charge in [-0.2, -0.15) is 0 Å². The minimum Gasteiger partial charge on any atom is -0.507 e. The van der Waals surface area contributed by atoms with E-state index in [4.69, 9.17) is 0 Å². The highest BCUT2D eigenvalue weighted by molar-refractivity contribution is 9.10. The zero-order valence-electron chi connectivity index (χ0n) is 12.0. The Bertz CT molecular complexity index is 670. The van der Waals surface area contributed by atoms with E-state index in [0.29, 0.717) is 17.0 Å². The number of allylic oxidation sites excluding steroid dienone is 1. The zero-order valence-corrected chi connectivity index (χ0v) is 13.6. The largest absolute Gasteiger partial charge is 0.507 e. The molecule has 2 rings (SSSR count). The zero-order chi connectivity index (χ0) is 15.4. The first kappa shape index (κ1) is 15.5. The lowest BCUT2D eigenvalue weighted by molar-refractivity contribution is 0.104. The maximum absolute atomic E-state index is 12.1. The van der Waals surface area contributed by atoms with Crippen LogP contribution in [0.5, 0.6) is 5.75 Å². The Morgan fingerprint density at radius 3 is 2.43 bits per heavy atom. The van der Waals surface area contributed by atoms with E-state index in [-0.39, 0.29) is 11.5 Å². The van der Waals surface area contributed by atoms with Crippen molar-refractivity contribution in [1.29, 1.82) is 0 Å². The summed E-state index contributed by atoms with van der Waals surface area (Å²) in [5.74, 6) is 0.519. The maximum Gasteiger partial charge on any atom is 0.185 e. The summed E-state index contributed by atoms with van der Waals surface area (Å²) in [4.78, 5) is 12.1. The second-order valence-corrected chi connectivity index (χ2v) is 6.09. The standard InChI is InChI=1S/C18H17BrO2/c1-12(2)13-3-5-14(6-4-13)17(20)9-7-15-11-16(19)8-10-18(15)21/h3-12,21H,1-2H3/b9-7+. The highest BCUT2D eigenvalue weighted by Crippen LogP contribution is 2.23. The van der Waals surface area contributed by atoms with Gasteiger partial charge in [0.05, 0.1) is 0 Å². The third kappa shape index (κ3) is 4.05. The van der Waals surface area contributed by atoms with Crippen molar-refractivity contribution in [3.8, 4) is 5.75 Å². The SMILES string of the molecule is CC(C)c1ccc(C(=O)/C=C/c2cc(Br)ccc2O)cc1. The molecule has 0 unspecified atom stereocenters. The lowest BCUT2D eigenvalue weighted by atomic mass is 10.0. The Labute approximate surface area is 133 Å². The molecule has 0 aromatic heterocycles. The van der Waals surface area contributed by atoms with Crippen LogP contribution in [0.15, 0.2) is 53.0 Å². The van der Waals surface area contributed by atoms with E-state index < -0.39 is 0 Å². The number of carbonyl (C=O) groups excluding carboxylic acids is 1. The van der Waals surface area contributed by atoms with Gasteiger partial charge in [-0.05, 0) is 41.8 Å². The van der Waals surface area contributed by atoms with Crippen LogP contribution in [-0.4, -0.2) is 10.9 Å². The van der Waals surface area contributed by atoms with E-state index in [2.05, 4.69) is 29.8 Å². The van der Waals surface area contributed by atoms with Crippen molar-refractivity contribution < 1.29 is 9.90 Å². The van der Waals surface area contributed by atoms with Gasteiger partial charge in [0.1, 0.15) is 5.75 Å². The molecule has 3 heteroatoms. The van der Waals surface area contributed by atoms with Gasteiger partial charge in [0.15, 0.2) is 5.78 Å². The van der Waals surface area contributed by atoms with Gasteiger partial charge in [-0.1, -0.05) is 54.0 Å². The number of phenols is 1. The third-order valence-electron chi connectivity index (χ3n) is 3.27. The Morgan fingerprint density at radius 2 is 1.81 bits per heavy atom. The summed E-state index contributed by atoms with van der Waals surface area (Å²) in [6.07, 6.45) is 3.10. The number of benzene rings is 2. The average molecular weight is 345 g/mol. The Balaban J connectivity index is 2.17. The topological polar surface area (TPSA) is 37.3 Å².